The number of halogens is 1. The zero-order valence-corrected chi connectivity index (χ0v) is 16.4. The molecular weight excluding hydrogens is 440 g/mol. The molecule has 0 bridgehead atoms. The number of nitrogens with one attached hydrogen (secondary N) is 1. The van der Waals surface area contributed by atoms with Crippen LogP contribution in [0.5, 0.6) is 0 Å². The van der Waals surface area contributed by atoms with Crippen LogP contribution in [0.25, 0.3) is 11.4 Å². The summed E-state index contributed by atoms with van der Waals surface area (Å²) in [5, 5.41) is 22.3. The number of hydrogen-bond acceptors (Lipinski definition) is 5. The Kier molecular flexibility index (Phi) is 4.92. The van der Waals surface area contributed by atoms with Crippen molar-refractivity contribution in [1.29, 1.82) is 0 Å². The summed E-state index contributed by atoms with van der Waals surface area (Å²) >= 11 is 3.35. The first-order chi connectivity index (χ1) is 14.0. The smallest absolute Gasteiger partial charge is 0.276 e. The van der Waals surface area contributed by atoms with Crippen LogP contribution in [-0.4, -0.2) is 30.4 Å². The molecule has 0 unspecified atom stereocenters. The molecule has 0 fully saturated rings. The zero-order valence-electron chi connectivity index (χ0n) is 14.8. The van der Waals surface area contributed by atoms with Gasteiger partial charge in [-0.2, -0.15) is 10.2 Å². The third-order valence-electron chi connectivity index (χ3n) is 4.08. The van der Waals surface area contributed by atoms with Crippen molar-refractivity contribution in [2.75, 3.05) is 5.32 Å². The molecule has 0 spiro atoms. The molecule has 9 nitrogen and oxygen atoms in total. The molecule has 0 atom stereocenters. The molecule has 0 aliphatic rings. The molecule has 2 aromatic carbocycles. The van der Waals surface area contributed by atoms with Gasteiger partial charge in [0.15, 0.2) is 5.69 Å². The summed E-state index contributed by atoms with van der Waals surface area (Å²) in [6.45, 7) is 0. The first-order valence-electron chi connectivity index (χ1n) is 8.43. The van der Waals surface area contributed by atoms with E-state index in [-0.39, 0.29) is 11.4 Å². The molecular formula is C19H13BrN6O3. The quantitative estimate of drug-likeness (QED) is 0.363. The Morgan fingerprint density at radius 3 is 2.69 bits per heavy atom. The number of rotatable bonds is 5. The van der Waals surface area contributed by atoms with Gasteiger partial charge in [-0.15, -0.1) is 0 Å². The summed E-state index contributed by atoms with van der Waals surface area (Å²) in [5.41, 5.74) is 1.87. The summed E-state index contributed by atoms with van der Waals surface area (Å²) in [6, 6.07) is 14.8. The van der Waals surface area contributed by atoms with Crippen LogP contribution < -0.4 is 5.32 Å². The van der Waals surface area contributed by atoms with Crippen molar-refractivity contribution < 1.29 is 9.72 Å². The van der Waals surface area contributed by atoms with Crippen LogP contribution in [0.4, 0.5) is 11.4 Å². The molecule has 1 amide bonds. The van der Waals surface area contributed by atoms with Gasteiger partial charge in [0, 0.05) is 24.5 Å². The Hall–Kier alpha value is -3.79. The van der Waals surface area contributed by atoms with Gasteiger partial charge in [0.1, 0.15) is 0 Å². The fourth-order valence-electron chi connectivity index (χ4n) is 2.74. The Morgan fingerprint density at radius 2 is 1.93 bits per heavy atom. The maximum Gasteiger partial charge on any atom is 0.276 e. The number of aromatic nitrogens is 4. The van der Waals surface area contributed by atoms with Crippen molar-refractivity contribution in [2.45, 2.75) is 0 Å². The number of nitro benzene ring substituents is 1. The molecule has 4 rings (SSSR count). The number of nitrogens with zero attached hydrogens (tertiary/aromatic N) is 5. The lowest BCUT2D eigenvalue weighted by Gasteiger charge is -2.10. The third-order valence-corrected chi connectivity index (χ3v) is 4.49. The first-order valence-corrected chi connectivity index (χ1v) is 9.22. The summed E-state index contributed by atoms with van der Waals surface area (Å²) < 4.78 is 3.87. The van der Waals surface area contributed by atoms with Crippen molar-refractivity contribution >= 4 is 33.2 Å². The average molecular weight is 453 g/mol. The van der Waals surface area contributed by atoms with E-state index in [1.54, 1.807) is 53.6 Å². The van der Waals surface area contributed by atoms with Gasteiger partial charge < -0.3 is 5.32 Å². The van der Waals surface area contributed by atoms with E-state index >= 15 is 0 Å². The Labute approximate surface area is 172 Å². The second-order valence-corrected chi connectivity index (χ2v) is 6.91. The van der Waals surface area contributed by atoms with Gasteiger partial charge in [-0.1, -0.05) is 18.2 Å². The second-order valence-electron chi connectivity index (χ2n) is 6.00. The number of hydrogen-bond donors (Lipinski definition) is 1. The van der Waals surface area contributed by atoms with E-state index < -0.39 is 10.8 Å². The van der Waals surface area contributed by atoms with Crippen LogP contribution in [0, 0.1) is 10.1 Å². The molecule has 4 aromatic rings. The fourth-order valence-corrected chi connectivity index (χ4v) is 3.02. The number of carbonyl (C=O) groups excluding carboxylic acids is 1. The highest BCUT2D eigenvalue weighted by atomic mass is 79.9. The Morgan fingerprint density at radius 1 is 1.10 bits per heavy atom. The molecule has 0 aliphatic carbocycles. The third kappa shape index (κ3) is 3.92. The van der Waals surface area contributed by atoms with E-state index in [0.29, 0.717) is 17.1 Å². The molecule has 2 aromatic heterocycles. The first kappa shape index (κ1) is 18.6. The summed E-state index contributed by atoms with van der Waals surface area (Å²) in [4.78, 5) is 23.2. The normalized spacial score (nSPS) is 10.7. The Balaban J connectivity index is 1.58. The predicted molar refractivity (Wildman–Crippen MR) is 109 cm³/mol. The standard InChI is InChI=1S/C19H13BrN6O3/c20-13-11-21-25(12-13)18-7-2-1-6-16(18)22-19(27)17-8-9-24(23-17)14-4-3-5-15(10-14)26(28)29/h1-12H,(H,22,27). The molecule has 29 heavy (non-hydrogen) atoms. The van der Waals surface area contributed by atoms with Gasteiger partial charge in [-0.25, -0.2) is 9.36 Å². The fraction of sp³-hybridized carbons (Fsp3) is 0. The topological polar surface area (TPSA) is 108 Å². The van der Waals surface area contributed by atoms with Crippen molar-refractivity contribution in [2.24, 2.45) is 0 Å². The molecule has 10 heteroatoms. The van der Waals surface area contributed by atoms with Crippen molar-refractivity contribution in [3.05, 3.63) is 93.5 Å². The van der Waals surface area contributed by atoms with Crippen LogP contribution in [0.2, 0.25) is 0 Å². The average Bonchev–Trinajstić information content (AvgIpc) is 3.38. The highest BCUT2D eigenvalue weighted by Gasteiger charge is 2.15. The van der Waals surface area contributed by atoms with Crippen LogP contribution in [0.1, 0.15) is 10.5 Å². The lowest BCUT2D eigenvalue weighted by Crippen LogP contribution is -2.15. The van der Waals surface area contributed by atoms with Crippen LogP contribution in [0.3, 0.4) is 0 Å². The number of carbonyl (C=O) groups is 1. The van der Waals surface area contributed by atoms with Gasteiger partial charge >= 0.3 is 0 Å². The van der Waals surface area contributed by atoms with E-state index in [2.05, 4.69) is 31.4 Å². The van der Waals surface area contributed by atoms with E-state index in [1.165, 1.54) is 16.8 Å². The van der Waals surface area contributed by atoms with Crippen LogP contribution in [0.15, 0.2) is 77.7 Å². The van der Waals surface area contributed by atoms with Crippen molar-refractivity contribution in [1.82, 2.24) is 19.6 Å². The lowest BCUT2D eigenvalue weighted by atomic mass is 10.2. The minimum Gasteiger partial charge on any atom is -0.319 e. The monoisotopic (exact) mass is 452 g/mol. The highest BCUT2D eigenvalue weighted by Crippen LogP contribution is 2.22. The van der Waals surface area contributed by atoms with Crippen molar-refractivity contribution in [3.63, 3.8) is 0 Å². The van der Waals surface area contributed by atoms with Gasteiger partial charge in [-0.05, 0) is 40.2 Å². The SMILES string of the molecule is O=C(Nc1ccccc1-n1cc(Br)cn1)c1ccn(-c2cccc([N+](=O)[O-])c2)n1. The summed E-state index contributed by atoms with van der Waals surface area (Å²) in [7, 11) is 0. The number of nitro groups is 1. The molecule has 0 saturated heterocycles. The molecule has 1 N–H and O–H groups in total. The van der Waals surface area contributed by atoms with Gasteiger partial charge in [0.25, 0.3) is 11.6 Å². The minimum absolute atomic E-state index is 0.0525. The summed E-state index contributed by atoms with van der Waals surface area (Å²) in [6.07, 6.45) is 5.01. The number of amides is 1. The van der Waals surface area contributed by atoms with Gasteiger partial charge in [0.2, 0.25) is 0 Å². The van der Waals surface area contributed by atoms with E-state index in [1.807, 2.05) is 12.1 Å². The van der Waals surface area contributed by atoms with Crippen LogP contribution >= 0.6 is 15.9 Å². The lowest BCUT2D eigenvalue weighted by molar-refractivity contribution is -0.384. The number of anilines is 1. The maximum absolute atomic E-state index is 12.7. The largest absolute Gasteiger partial charge is 0.319 e. The highest BCUT2D eigenvalue weighted by molar-refractivity contribution is 9.10. The molecule has 0 aliphatic heterocycles. The molecule has 0 saturated carbocycles. The molecule has 144 valence electrons. The second kappa shape index (κ2) is 7.68. The van der Waals surface area contributed by atoms with E-state index in [9.17, 15) is 14.9 Å². The van der Waals surface area contributed by atoms with E-state index in [4.69, 9.17) is 0 Å². The number of para-hydroxylation sites is 2. The van der Waals surface area contributed by atoms with Crippen molar-refractivity contribution in [3.8, 4) is 11.4 Å². The zero-order chi connectivity index (χ0) is 20.4. The van der Waals surface area contributed by atoms with Gasteiger partial charge in [-0.3, -0.25) is 14.9 Å². The molecule has 2 heterocycles. The number of benzene rings is 2. The van der Waals surface area contributed by atoms with Crippen LogP contribution in [-0.2, 0) is 0 Å². The van der Waals surface area contributed by atoms with Gasteiger partial charge in [0.05, 0.1) is 32.7 Å². The number of non-ortho nitro benzene ring substituents is 1. The molecule has 0 radical (unpaired) electrons. The maximum atomic E-state index is 12.7. The Bertz CT molecular complexity index is 1220. The summed E-state index contributed by atoms with van der Waals surface area (Å²) in [5.74, 6) is -0.409. The minimum atomic E-state index is -0.481. The van der Waals surface area contributed by atoms with E-state index in [0.717, 1.165) is 4.47 Å². The predicted octanol–water partition coefficient (Wildman–Crippen LogP) is 3.98.